The monoisotopic (exact) mass is 332 g/mol. The molecule has 1 saturated heterocycles. The minimum absolute atomic E-state index is 0.0733. The van der Waals surface area contributed by atoms with Crippen LogP contribution in [0.5, 0.6) is 0 Å². The number of halogens is 1. The molecule has 1 aromatic carbocycles. The summed E-state index contributed by atoms with van der Waals surface area (Å²) in [7, 11) is -3.45. The van der Waals surface area contributed by atoms with Crippen LogP contribution in [-0.4, -0.2) is 31.9 Å². The molecule has 1 atom stereocenters. The minimum atomic E-state index is -3.45. The fourth-order valence-electron chi connectivity index (χ4n) is 2.31. The van der Waals surface area contributed by atoms with Gasteiger partial charge in [-0.15, -0.1) is 0 Å². The second kappa shape index (κ2) is 5.69. The first-order valence-electron chi connectivity index (χ1n) is 6.04. The van der Waals surface area contributed by atoms with Gasteiger partial charge < -0.3 is 5.73 Å². The van der Waals surface area contributed by atoms with Crippen LogP contribution >= 0.6 is 15.9 Å². The third-order valence-corrected chi connectivity index (χ3v) is 6.23. The molecule has 0 saturated carbocycles. The minimum Gasteiger partial charge on any atom is -0.329 e. The molecule has 100 valence electrons. The molecule has 0 aliphatic carbocycles. The Balaban J connectivity index is 2.39. The highest BCUT2D eigenvalue weighted by atomic mass is 79.9. The van der Waals surface area contributed by atoms with E-state index in [0.717, 1.165) is 19.3 Å². The van der Waals surface area contributed by atoms with Gasteiger partial charge in [0.2, 0.25) is 10.0 Å². The molecular formula is C12H17BrN2O2S. The second-order valence-electron chi connectivity index (χ2n) is 4.43. The SMILES string of the molecule is NC[C@@H]1CCCCN1S(=O)(=O)c1ccccc1Br. The Morgan fingerprint density at radius 2 is 2.06 bits per heavy atom. The van der Waals surface area contributed by atoms with Crippen LogP contribution in [-0.2, 0) is 10.0 Å². The highest BCUT2D eigenvalue weighted by Gasteiger charge is 2.33. The molecule has 4 nitrogen and oxygen atoms in total. The van der Waals surface area contributed by atoms with Gasteiger partial charge in [0.15, 0.2) is 0 Å². The third kappa shape index (κ3) is 2.61. The summed E-state index contributed by atoms with van der Waals surface area (Å²) in [5.41, 5.74) is 5.69. The number of sulfonamides is 1. The number of rotatable bonds is 3. The molecule has 2 N–H and O–H groups in total. The van der Waals surface area contributed by atoms with Crippen LogP contribution in [0, 0.1) is 0 Å². The Morgan fingerprint density at radius 3 is 2.72 bits per heavy atom. The molecule has 0 unspecified atom stereocenters. The predicted molar refractivity (Wildman–Crippen MR) is 74.7 cm³/mol. The average Bonchev–Trinajstić information content (AvgIpc) is 2.39. The molecule has 1 aromatic rings. The van der Waals surface area contributed by atoms with Crippen molar-refractivity contribution in [3.8, 4) is 0 Å². The van der Waals surface area contributed by atoms with Gasteiger partial charge in [0.25, 0.3) is 0 Å². The predicted octanol–water partition coefficient (Wildman–Crippen LogP) is 1.95. The molecule has 18 heavy (non-hydrogen) atoms. The van der Waals surface area contributed by atoms with E-state index in [4.69, 9.17) is 5.73 Å². The summed E-state index contributed by atoms with van der Waals surface area (Å²) in [5, 5.41) is 0. The lowest BCUT2D eigenvalue weighted by molar-refractivity contribution is 0.257. The number of hydrogen-bond acceptors (Lipinski definition) is 3. The highest BCUT2D eigenvalue weighted by molar-refractivity contribution is 9.10. The lowest BCUT2D eigenvalue weighted by atomic mass is 10.1. The van der Waals surface area contributed by atoms with Crippen LogP contribution in [0.2, 0.25) is 0 Å². The van der Waals surface area contributed by atoms with Crippen molar-refractivity contribution in [2.24, 2.45) is 5.73 Å². The lowest BCUT2D eigenvalue weighted by Crippen LogP contribution is -2.47. The Labute approximate surface area is 116 Å². The Bertz CT molecular complexity index is 519. The molecule has 0 aromatic heterocycles. The normalized spacial score (nSPS) is 22.0. The van der Waals surface area contributed by atoms with Crippen LogP contribution in [0.1, 0.15) is 19.3 Å². The van der Waals surface area contributed by atoms with Crippen molar-refractivity contribution < 1.29 is 8.42 Å². The van der Waals surface area contributed by atoms with E-state index in [-0.39, 0.29) is 6.04 Å². The first-order valence-corrected chi connectivity index (χ1v) is 8.27. The molecule has 0 spiro atoms. The summed E-state index contributed by atoms with van der Waals surface area (Å²) < 4.78 is 27.4. The van der Waals surface area contributed by atoms with Gasteiger partial charge in [0.1, 0.15) is 0 Å². The van der Waals surface area contributed by atoms with Crippen molar-refractivity contribution in [1.82, 2.24) is 4.31 Å². The quantitative estimate of drug-likeness (QED) is 0.920. The van der Waals surface area contributed by atoms with E-state index >= 15 is 0 Å². The summed E-state index contributed by atoms with van der Waals surface area (Å²) >= 11 is 3.30. The summed E-state index contributed by atoms with van der Waals surface area (Å²) in [6.07, 6.45) is 2.80. The summed E-state index contributed by atoms with van der Waals surface area (Å²) in [6.45, 7) is 0.940. The molecule has 0 radical (unpaired) electrons. The van der Waals surface area contributed by atoms with Gasteiger partial charge in [0.05, 0.1) is 4.90 Å². The van der Waals surface area contributed by atoms with Crippen molar-refractivity contribution in [2.45, 2.75) is 30.2 Å². The molecule has 6 heteroatoms. The standard InChI is InChI=1S/C12H17BrN2O2S/c13-11-6-1-2-7-12(11)18(16,17)15-8-4-3-5-10(15)9-14/h1-2,6-7,10H,3-5,8-9,14H2/t10-/m0/s1. The second-order valence-corrected chi connectivity index (χ2v) is 7.14. The van der Waals surface area contributed by atoms with Crippen molar-refractivity contribution in [2.75, 3.05) is 13.1 Å². The first-order chi connectivity index (χ1) is 8.57. The van der Waals surface area contributed by atoms with Gasteiger partial charge in [-0.1, -0.05) is 18.6 Å². The van der Waals surface area contributed by atoms with E-state index in [1.165, 1.54) is 0 Å². The molecule has 1 fully saturated rings. The fourth-order valence-corrected chi connectivity index (χ4v) is 4.98. The third-order valence-electron chi connectivity index (χ3n) is 3.27. The van der Waals surface area contributed by atoms with Gasteiger partial charge in [-0.25, -0.2) is 8.42 Å². The van der Waals surface area contributed by atoms with Crippen molar-refractivity contribution in [3.05, 3.63) is 28.7 Å². The van der Waals surface area contributed by atoms with Gasteiger partial charge in [-0.3, -0.25) is 0 Å². The topological polar surface area (TPSA) is 63.4 Å². The van der Waals surface area contributed by atoms with Crippen LogP contribution in [0.15, 0.2) is 33.6 Å². The Morgan fingerprint density at radius 1 is 1.33 bits per heavy atom. The maximum atomic E-state index is 12.6. The summed E-state index contributed by atoms with van der Waals surface area (Å²) in [4.78, 5) is 0.324. The van der Waals surface area contributed by atoms with Crippen LogP contribution in [0.4, 0.5) is 0 Å². The molecule has 2 rings (SSSR count). The average molecular weight is 333 g/mol. The van der Waals surface area contributed by atoms with Crippen LogP contribution in [0.3, 0.4) is 0 Å². The number of nitrogens with zero attached hydrogens (tertiary/aromatic N) is 1. The van der Waals surface area contributed by atoms with E-state index in [2.05, 4.69) is 15.9 Å². The van der Waals surface area contributed by atoms with Crippen LogP contribution < -0.4 is 5.73 Å². The van der Waals surface area contributed by atoms with Crippen molar-refractivity contribution in [3.63, 3.8) is 0 Å². The lowest BCUT2D eigenvalue weighted by Gasteiger charge is -2.34. The Kier molecular flexibility index (Phi) is 4.42. The summed E-state index contributed by atoms with van der Waals surface area (Å²) in [5.74, 6) is 0. The largest absolute Gasteiger partial charge is 0.329 e. The van der Waals surface area contributed by atoms with E-state index in [9.17, 15) is 8.42 Å². The van der Waals surface area contributed by atoms with E-state index < -0.39 is 10.0 Å². The Hall–Kier alpha value is -0.430. The maximum Gasteiger partial charge on any atom is 0.244 e. The smallest absolute Gasteiger partial charge is 0.244 e. The number of nitrogens with two attached hydrogens (primary N) is 1. The van der Waals surface area contributed by atoms with E-state index in [1.807, 2.05) is 0 Å². The molecule has 0 amide bonds. The fraction of sp³-hybridized carbons (Fsp3) is 0.500. The zero-order valence-electron chi connectivity index (χ0n) is 10.0. The van der Waals surface area contributed by atoms with Gasteiger partial charge in [0, 0.05) is 23.6 Å². The van der Waals surface area contributed by atoms with Gasteiger partial charge in [-0.2, -0.15) is 4.31 Å². The van der Waals surface area contributed by atoms with Crippen LogP contribution in [0.25, 0.3) is 0 Å². The van der Waals surface area contributed by atoms with E-state index in [1.54, 1.807) is 28.6 Å². The molecular weight excluding hydrogens is 316 g/mol. The zero-order valence-corrected chi connectivity index (χ0v) is 12.5. The highest BCUT2D eigenvalue weighted by Crippen LogP contribution is 2.29. The van der Waals surface area contributed by atoms with Gasteiger partial charge >= 0.3 is 0 Å². The van der Waals surface area contributed by atoms with Gasteiger partial charge in [-0.05, 0) is 40.9 Å². The maximum absolute atomic E-state index is 12.6. The number of hydrogen-bond donors (Lipinski definition) is 1. The molecule has 0 bridgehead atoms. The molecule has 1 aliphatic rings. The van der Waals surface area contributed by atoms with Crippen molar-refractivity contribution in [1.29, 1.82) is 0 Å². The molecule has 1 aliphatic heterocycles. The van der Waals surface area contributed by atoms with E-state index in [0.29, 0.717) is 22.5 Å². The molecule has 1 heterocycles. The van der Waals surface area contributed by atoms with Crippen molar-refractivity contribution >= 4 is 26.0 Å². The number of piperidine rings is 1. The summed E-state index contributed by atoms with van der Waals surface area (Å²) in [6, 6.07) is 6.84. The first kappa shape index (κ1) is 14.0. The zero-order chi connectivity index (χ0) is 13.2. The number of benzene rings is 1.